The SMILES string of the molecule is CCOC(=O)C(Oc1cc(F)cc(F)c1)C(=O)OCC. The molecule has 0 aliphatic heterocycles. The molecule has 1 rings (SSSR count). The summed E-state index contributed by atoms with van der Waals surface area (Å²) in [5, 5.41) is 0. The van der Waals surface area contributed by atoms with E-state index in [4.69, 9.17) is 4.74 Å². The van der Waals surface area contributed by atoms with Crippen molar-refractivity contribution in [3.63, 3.8) is 0 Å². The van der Waals surface area contributed by atoms with Crippen molar-refractivity contribution in [3.8, 4) is 5.75 Å². The second kappa shape index (κ2) is 7.42. The zero-order valence-electron chi connectivity index (χ0n) is 11.0. The molecule has 1 aromatic rings. The number of esters is 2. The summed E-state index contributed by atoms with van der Waals surface area (Å²) in [6.45, 7) is 3.13. The van der Waals surface area contributed by atoms with Gasteiger partial charge < -0.3 is 14.2 Å². The Labute approximate surface area is 114 Å². The Balaban J connectivity index is 2.93. The molecule has 1 aromatic carbocycles. The lowest BCUT2D eigenvalue weighted by molar-refractivity contribution is -0.166. The van der Waals surface area contributed by atoms with Crippen LogP contribution in [-0.2, 0) is 19.1 Å². The van der Waals surface area contributed by atoms with Crippen LogP contribution in [-0.4, -0.2) is 31.3 Å². The van der Waals surface area contributed by atoms with Crippen LogP contribution in [0.15, 0.2) is 18.2 Å². The minimum atomic E-state index is -1.73. The van der Waals surface area contributed by atoms with Gasteiger partial charge in [-0.05, 0) is 13.8 Å². The third-order valence-electron chi connectivity index (χ3n) is 2.09. The number of hydrogen-bond donors (Lipinski definition) is 0. The van der Waals surface area contributed by atoms with E-state index < -0.39 is 29.7 Å². The average Bonchev–Trinajstić information content (AvgIpc) is 2.35. The lowest BCUT2D eigenvalue weighted by atomic mass is 10.3. The molecule has 0 aliphatic carbocycles. The van der Waals surface area contributed by atoms with E-state index in [9.17, 15) is 18.4 Å². The fourth-order valence-electron chi connectivity index (χ4n) is 1.36. The average molecular weight is 288 g/mol. The van der Waals surface area contributed by atoms with Gasteiger partial charge in [-0.3, -0.25) is 0 Å². The molecule has 0 saturated heterocycles. The van der Waals surface area contributed by atoms with Gasteiger partial charge >= 0.3 is 11.9 Å². The van der Waals surface area contributed by atoms with Crippen LogP contribution in [0.3, 0.4) is 0 Å². The molecular weight excluding hydrogens is 274 g/mol. The van der Waals surface area contributed by atoms with Crippen LogP contribution in [0.2, 0.25) is 0 Å². The molecule has 0 amide bonds. The maximum Gasteiger partial charge on any atom is 0.359 e. The summed E-state index contributed by atoms with van der Waals surface area (Å²) in [5.74, 6) is -4.09. The molecule has 0 spiro atoms. The third-order valence-corrected chi connectivity index (χ3v) is 2.09. The van der Waals surface area contributed by atoms with Crippen molar-refractivity contribution in [2.75, 3.05) is 13.2 Å². The van der Waals surface area contributed by atoms with Crippen molar-refractivity contribution in [2.24, 2.45) is 0 Å². The fourth-order valence-corrected chi connectivity index (χ4v) is 1.36. The molecule has 20 heavy (non-hydrogen) atoms. The van der Waals surface area contributed by atoms with Gasteiger partial charge in [0.15, 0.2) is 0 Å². The minimum Gasteiger partial charge on any atom is -0.467 e. The molecule has 0 atom stereocenters. The summed E-state index contributed by atoms with van der Waals surface area (Å²) in [6.07, 6.45) is -1.73. The standard InChI is InChI=1S/C13H14F2O5/c1-3-18-12(16)11(13(17)19-4-2)20-10-6-8(14)5-9(15)7-10/h5-7,11H,3-4H2,1-2H3. The summed E-state index contributed by atoms with van der Waals surface area (Å²) in [6, 6.07) is 2.32. The van der Waals surface area contributed by atoms with Crippen molar-refractivity contribution < 1.29 is 32.6 Å². The van der Waals surface area contributed by atoms with Crippen LogP contribution in [0.4, 0.5) is 8.78 Å². The molecule has 0 aliphatic rings. The maximum atomic E-state index is 13.0. The molecule has 7 heteroatoms. The van der Waals surface area contributed by atoms with Gasteiger partial charge in [0.05, 0.1) is 13.2 Å². The zero-order chi connectivity index (χ0) is 15.1. The number of halogens is 2. The molecule has 0 saturated carbocycles. The van der Waals surface area contributed by atoms with Crippen molar-refractivity contribution >= 4 is 11.9 Å². The first kappa shape index (κ1) is 15.9. The van der Waals surface area contributed by atoms with E-state index in [1.54, 1.807) is 13.8 Å². The van der Waals surface area contributed by atoms with Crippen molar-refractivity contribution in [1.82, 2.24) is 0 Å². The van der Waals surface area contributed by atoms with Crippen LogP contribution in [0.5, 0.6) is 5.75 Å². The molecular formula is C13H14F2O5. The van der Waals surface area contributed by atoms with Gasteiger partial charge in [0.1, 0.15) is 17.4 Å². The molecule has 110 valence electrons. The molecule has 0 unspecified atom stereocenters. The highest BCUT2D eigenvalue weighted by atomic mass is 19.1. The lowest BCUT2D eigenvalue weighted by Crippen LogP contribution is -2.38. The molecule has 0 heterocycles. The predicted octanol–water partition coefficient (Wildman–Crippen LogP) is 1.84. The molecule has 0 radical (unpaired) electrons. The summed E-state index contributed by atoms with van der Waals surface area (Å²) in [5.41, 5.74) is 0. The Kier molecular flexibility index (Phi) is 5.89. The van der Waals surface area contributed by atoms with Crippen molar-refractivity contribution in [2.45, 2.75) is 20.0 Å². The number of carbonyl (C=O) groups is 2. The summed E-state index contributed by atoms with van der Waals surface area (Å²) in [4.78, 5) is 23.2. The molecule has 0 aromatic heterocycles. The second-order valence-corrected chi connectivity index (χ2v) is 3.61. The molecule has 0 bridgehead atoms. The quantitative estimate of drug-likeness (QED) is 0.590. The van der Waals surface area contributed by atoms with Crippen LogP contribution in [0.25, 0.3) is 0 Å². The largest absolute Gasteiger partial charge is 0.467 e. The van der Waals surface area contributed by atoms with E-state index >= 15 is 0 Å². The normalized spacial score (nSPS) is 10.2. The Morgan fingerprint density at radius 1 is 1.00 bits per heavy atom. The number of benzene rings is 1. The lowest BCUT2D eigenvalue weighted by Gasteiger charge is -2.16. The topological polar surface area (TPSA) is 61.8 Å². The van der Waals surface area contributed by atoms with Crippen molar-refractivity contribution in [1.29, 1.82) is 0 Å². The second-order valence-electron chi connectivity index (χ2n) is 3.61. The van der Waals surface area contributed by atoms with E-state index in [1.165, 1.54) is 0 Å². The highest BCUT2D eigenvalue weighted by Gasteiger charge is 2.32. The van der Waals surface area contributed by atoms with Gasteiger partial charge in [-0.2, -0.15) is 0 Å². The van der Waals surface area contributed by atoms with Gasteiger partial charge in [0.25, 0.3) is 6.10 Å². The zero-order valence-corrected chi connectivity index (χ0v) is 11.0. The molecule has 0 N–H and O–H groups in total. The van der Waals surface area contributed by atoms with E-state index in [1.807, 2.05) is 0 Å². The van der Waals surface area contributed by atoms with E-state index in [0.717, 1.165) is 12.1 Å². The van der Waals surface area contributed by atoms with Crippen molar-refractivity contribution in [3.05, 3.63) is 29.8 Å². The minimum absolute atomic E-state index is 0.0234. The highest BCUT2D eigenvalue weighted by Crippen LogP contribution is 2.17. The Bertz CT molecular complexity index is 451. The van der Waals surface area contributed by atoms with Crippen LogP contribution >= 0.6 is 0 Å². The first-order chi connectivity index (χ1) is 9.47. The van der Waals surface area contributed by atoms with Crippen LogP contribution in [0, 0.1) is 11.6 Å². The first-order valence-electron chi connectivity index (χ1n) is 5.94. The smallest absolute Gasteiger partial charge is 0.359 e. The number of hydrogen-bond acceptors (Lipinski definition) is 5. The Morgan fingerprint density at radius 2 is 1.45 bits per heavy atom. The van der Waals surface area contributed by atoms with Gasteiger partial charge in [-0.25, -0.2) is 18.4 Å². The summed E-state index contributed by atoms with van der Waals surface area (Å²) < 4.78 is 40.3. The number of ether oxygens (including phenoxy) is 3. The monoisotopic (exact) mass is 288 g/mol. The van der Waals surface area contributed by atoms with Crippen LogP contribution in [0.1, 0.15) is 13.8 Å². The number of rotatable bonds is 6. The molecule has 5 nitrogen and oxygen atoms in total. The summed E-state index contributed by atoms with van der Waals surface area (Å²) in [7, 11) is 0. The van der Waals surface area contributed by atoms with Gasteiger partial charge in [0, 0.05) is 18.2 Å². The summed E-state index contributed by atoms with van der Waals surface area (Å²) >= 11 is 0. The third kappa shape index (κ3) is 4.49. The van der Waals surface area contributed by atoms with Gasteiger partial charge in [-0.15, -0.1) is 0 Å². The van der Waals surface area contributed by atoms with E-state index in [0.29, 0.717) is 6.07 Å². The molecule has 0 fully saturated rings. The predicted molar refractivity (Wildman–Crippen MR) is 64.0 cm³/mol. The highest BCUT2D eigenvalue weighted by molar-refractivity contribution is 5.98. The van der Waals surface area contributed by atoms with Gasteiger partial charge in [-0.1, -0.05) is 0 Å². The number of carbonyl (C=O) groups excluding carboxylic acids is 2. The van der Waals surface area contributed by atoms with Gasteiger partial charge in [0.2, 0.25) is 0 Å². The Morgan fingerprint density at radius 3 is 1.85 bits per heavy atom. The van der Waals surface area contributed by atoms with Crippen LogP contribution < -0.4 is 4.74 Å². The maximum absolute atomic E-state index is 13.0. The van der Waals surface area contributed by atoms with E-state index in [-0.39, 0.29) is 19.0 Å². The van der Waals surface area contributed by atoms with E-state index in [2.05, 4.69) is 9.47 Å². The first-order valence-corrected chi connectivity index (χ1v) is 5.94. The fraction of sp³-hybridized carbons (Fsp3) is 0.385. The Hall–Kier alpha value is -2.18.